The quantitative estimate of drug-likeness (QED) is 0.691. The van der Waals surface area contributed by atoms with Gasteiger partial charge in [0.25, 0.3) is 5.91 Å². The summed E-state index contributed by atoms with van der Waals surface area (Å²) >= 11 is 2.22. The monoisotopic (exact) mass is 363 g/mol. The zero-order chi connectivity index (χ0) is 13.2. The highest BCUT2D eigenvalue weighted by molar-refractivity contribution is 14.1. The first-order valence-corrected chi connectivity index (χ1v) is 6.86. The minimum absolute atomic E-state index is 0.239. The highest BCUT2D eigenvalue weighted by atomic mass is 127. The molecular weight excluding hydrogens is 353 g/mol. The number of furan rings is 1. The van der Waals surface area contributed by atoms with Crippen LogP contribution in [0, 0.1) is 3.57 Å². The molecule has 0 saturated heterocycles. The van der Waals surface area contributed by atoms with Crippen molar-refractivity contribution >= 4 is 45.2 Å². The van der Waals surface area contributed by atoms with E-state index in [0.717, 1.165) is 20.2 Å². The third-order valence-corrected chi connectivity index (χ3v) is 3.47. The lowest BCUT2D eigenvalue weighted by molar-refractivity contribution is 0.0998. The fraction of sp³-hybridized carbons (Fsp3) is 0. The average molecular weight is 363 g/mol. The summed E-state index contributed by atoms with van der Waals surface area (Å²) in [5, 5.41) is 3.74. The van der Waals surface area contributed by atoms with Gasteiger partial charge in [-0.15, -0.1) is 0 Å². The van der Waals surface area contributed by atoms with Crippen LogP contribution in [0.5, 0.6) is 0 Å². The lowest BCUT2D eigenvalue weighted by Gasteiger charge is -2.02. The Balaban J connectivity index is 1.85. The summed E-state index contributed by atoms with van der Waals surface area (Å²) in [7, 11) is 0. The maximum absolute atomic E-state index is 12.1. The Morgan fingerprint density at radius 1 is 1.05 bits per heavy atom. The maximum Gasteiger partial charge on any atom is 0.291 e. The molecule has 3 nitrogen and oxygen atoms in total. The number of amides is 1. The Morgan fingerprint density at radius 2 is 1.79 bits per heavy atom. The molecule has 0 atom stereocenters. The fourth-order valence-electron chi connectivity index (χ4n) is 1.82. The van der Waals surface area contributed by atoms with E-state index in [2.05, 4.69) is 27.9 Å². The van der Waals surface area contributed by atoms with Crippen LogP contribution in [-0.4, -0.2) is 5.91 Å². The number of fused-ring (bicyclic) bond motifs is 1. The molecule has 2 aromatic carbocycles. The van der Waals surface area contributed by atoms with E-state index in [1.54, 1.807) is 6.07 Å². The van der Waals surface area contributed by atoms with Crippen LogP contribution < -0.4 is 5.32 Å². The Morgan fingerprint density at radius 3 is 2.53 bits per heavy atom. The second kappa shape index (κ2) is 5.05. The van der Waals surface area contributed by atoms with Crippen molar-refractivity contribution in [3.8, 4) is 0 Å². The van der Waals surface area contributed by atoms with Crippen molar-refractivity contribution in [2.45, 2.75) is 0 Å². The zero-order valence-electron chi connectivity index (χ0n) is 9.89. The van der Waals surface area contributed by atoms with Crippen LogP contribution in [0.3, 0.4) is 0 Å². The van der Waals surface area contributed by atoms with Crippen LogP contribution in [0.2, 0.25) is 0 Å². The van der Waals surface area contributed by atoms with Crippen LogP contribution in [0.25, 0.3) is 11.0 Å². The number of hydrogen-bond donors (Lipinski definition) is 1. The van der Waals surface area contributed by atoms with E-state index in [1.165, 1.54) is 0 Å². The molecule has 0 aliphatic carbocycles. The van der Waals surface area contributed by atoms with Gasteiger partial charge < -0.3 is 9.73 Å². The third kappa shape index (κ3) is 2.63. The molecule has 0 bridgehead atoms. The molecule has 0 aliphatic rings. The maximum atomic E-state index is 12.1. The van der Waals surface area contributed by atoms with E-state index >= 15 is 0 Å². The number of carbonyl (C=O) groups excluding carboxylic acids is 1. The molecule has 0 fully saturated rings. The molecule has 0 aliphatic heterocycles. The van der Waals surface area contributed by atoms with E-state index in [9.17, 15) is 4.79 Å². The molecule has 3 rings (SSSR count). The lowest BCUT2D eigenvalue weighted by Crippen LogP contribution is -2.10. The van der Waals surface area contributed by atoms with Crippen molar-refractivity contribution in [2.24, 2.45) is 0 Å². The molecule has 1 N–H and O–H groups in total. The average Bonchev–Trinajstić information content (AvgIpc) is 2.85. The molecule has 0 unspecified atom stereocenters. The summed E-state index contributed by atoms with van der Waals surface area (Å²) in [6, 6.07) is 16.9. The van der Waals surface area contributed by atoms with Crippen molar-refractivity contribution < 1.29 is 9.21 Å². The predicted molar refractivity (Wildman–Crippen MR) is 83.3 cm³/mol. The summed E-state index contributed by atoms with van der Waals surface area (Å²) in [6.07, 6.45) is 0. The van der Waals surface area contributed by atoms with Gasteiger partial charge in [-0.25, -0.2) is 0 Å². The van der Waals surface area contributed by atoms with E-state index in [0.29, 0.717) is 5.76 Å². The predicted octanol–water partition coefficient (Wildman–Crippen LogP) is 4.29. The van der Waals surface area contributed by atoms with Crippen LogP contribution in [0.1, 0.15) is 10.6 Å². The molecule has 0 radical (unpaired) electrons. The third-order valence-electron chi connectivity index (χ3n) is 2.75. The van der Waals surface area contributed by atoms with Gasteiger partial charge in [0, 0.05) is 14.6 Å². The van der Waals surface area contributed by atoms with E-state index in [-0.39, 0.29) is 5.91 Å². The SMILES string of the molecule is O=C(Nc1ccc(I)cc1)c1cc2ccccc2o1. The van der Waals surface area contributed by atoms with Gasteiger partial charge in [-0.1, -0.05) is 18.2 Å². The minimum Gasteiger partial charge on any atom is -0.451 e. The van der Waals surface area contributed by atoms with Gasteiger partial charge in [-0.3, -0.25) is 4.79 Å². The molecule has 94 valence electrons. The first-order chi connectivity index (χ1) is 9.22. The highest BCUT2D eigenvalue weighted by Gasteiger charge is 2.11. The first-order valence-electron chi connectivity index (χ1n) is 5.78. The van der Waals surface area contributed by atoms with Gasteiger partial charge in [0.2, 0.25) is 0 Å². The van der Waals surface area contributed by atoms with Crippen molar-refractivity contribution in [3.05, 3.63) is 63.9 Å². The molecule has 0 spiro atoms. The summed E-state index contributed by atoms with van der Waals surface area (Å²) in [5.41, 5.74) is 1.47. The minimum atomic E-state index is -0.239. The van der Waals surface area contributed by atoms with Gasteiger partial charge in [-0.05, 0) is 59.0 Å². The van der Waals surface area contributed by atoms with Gasteiger partial charge >= 0.3 is 0 Å². The molecular formula is C15H10INO2. The van der Waals surface area contributed by atoms with Gasteiger partial charge in [0.15, 0.2) is 5.76 Å². The summed E-state index contributed by atoms with van der Waals surface area (Å²) < 4.78 is 6.64. The van der Waals surface area contributed by atoms with Crippen molar-refractivity contribution in [3.63, 3.8) is 0 Å². The molecule has 0 saturated carbocycles. The van der Waals surface area contributed by atoms with E-state index in [4.69, 9.17) is 4.42 Å². The topological polar surface area (TPSA) is 42.2 Å². The fourth-order valence-corrected chi connectivity index (χ4v) is 2.18. The zero-order valence-corrected chi connectivity index (χ0v) is 12.0. The van der Waals surface area contributed by atoms with Crippen LogP contribution in [0.4, 0.5) is 5.69 Å². The highest BCUT2D eigenvalue weighted by Crippen LogP contribution is 2.20. The Bertz CT molecular complexity index is 698. The number of carbonyl (C=O) groups is 1. The number of para-hydroxylation sites is 1. The van der Waals surface area contributed by atoms with Crippen LogP contribution in [-0.2, 0) is 0 Å². The number of halogens is 1. The molecule has 4 heteroatoms. The molecule has 1 aromatic heterocycles. The summed E-state index contributed by atoms with van der Waals surface area (Å²) in [4.78, 5) is 12.1. The first kappa shape index (κ1) is 12.2. The summed E-state index contributed by atoms with van der Waals surface area (Å²) in [6.45, 7) is 0. The normalized spacial score (nSPS) is 10.6. The standard InChI is InChI=1S/C15H10INO2/c16-11-5-7-12(8-6-11)17-15(18)14-9-10-3-1-2-4-13(10)19-14/h1-9H,(H,17,18). The van der Waals surface area contributed by atoms with Gasteiger partial charge in [0.1, 0.15) is 5.58 Å². The Kier molecular flexibility index (Phi) is 3.25. The molecule has 19 heavy (non-hydrogen) atoms. The van der Waals surface area contributed by atoms with Gasteiger partial charge in [0.05, 0.1) is 0 Å². The van der Waals surface area contributed by atoms with Crippen molar-refractivity contribution in [1.82, 2.24) is 0 Å². The smallest absolute Gasteiger partial charge is 0.291 e. The van der Waals surface area contributed by atoms with Crippen LogP contribution >= 0.6 is 22.6 Å². The number of benzene rings is 2. The van der Waals surface area contributed by atoms with Gasteiger partial charge in [-0.2, -0.15) is 0 Å². The van der Waals surface area contributed by atoms with Crippen LogP contribution in [0.15, 0.2) is 59.0 Å². The molecule has 1 heterocycles. The van der Waals surface area contributed by atoms with E-state index < -0.39 is 0 Å². The molecule has 1 amide bonds. The number of nitrogens with one attached hydrogen (secondary N) is 1. The van der Waals surface area contributed by atoms with Crippen molar-refractivity contribution in [2.75, 3.05) is 5.32 Å². The Labute approximate surface area is 123 Å². The largest absolute Gasteiger partial charge is 0.451 e. The number of hydrogen-bond acceptors (Lipinski definition) is 2. The Hall–Kier alpha value is -1.82. The number of anilines is 1. The van der Waals surface area contributed by atoms with Crippen molar-refractivity contribution in [1.29, 1.82) is 0 Å². The second-order valence-corrected chi connectivity index (χ2v) is 5.36. The summed E-state index contributed by atoms with van der Waals surface area (Å²) in [5.74, 6) is 0.0807. The van der Waals surface area contributed by atoms with E-state index in [1.807, 2.05) is 48.5 Å². The lowest BCUT2D eigenvalue weighted by atomic mass is 10.2. The second-order valence-electron chi connectivity index (χ2n) is 4.11. The number of rotatable bonds is 2. The molecule has 3 aromatic rings.